The molecule has 0 atom stereocenters. The van der Waals surface area contributed by atoms with Crippen molar-refractivity contribution >= 4 is 14.2 Å². The fraction of sp³-hybridized carbons (Fsp3) is 0. The van der Waals surface area contributed by atoms with Gasteiger partial charge in [-0.1, -0.05) is 0 Å². The number of hydrogen-bond acceptors (Lipinski definition) is 3. The molecule has 0 aliphatic carbocycles. The van der Waals surface area contributed by atoms with Gasteiger partial charge in [0.25, 0.3) is 0 Å². The van der Waals surface area contributed by atoms with E-state index in [0.717, 1.165) is 0 Å². The molecule has 0 saturated heterocycles. The van der Waals surface area contributed by atoms with E-state index in [2.05, 4.69) is 4.84 Å². The normalized spacial score (nSPS) is 21.9. The van der Waals surface area contributed by atoms with Crippen LogP contribution in [0.1, 0.15) is 0 Å². The summed E-state index contributed by atoms with van der Waals surface area (Å²) in [6.45, 7) is 0. The molecule has 1 rings (SSSR count). The van der Waals surface area contributed by atoms with Crippen LogP contribution in [0.2, 0.25) is 0 Å². The maximum absolute atomic E-state index is 10.1. The fourth-order valence-electron chi connectivity index (χ4n) is 0.242. The van der Waals surface area contributed by atoms with Gasteiger partial charge in [-0.05, 0) is 11.9 Å². The van der Waals surface area contributed by atoms with Crippen molar-refractivity contribution in [2.45, 2.75) is 0 Å². The third-order valence-corrected chi connectivity index (χ3v) is 1.06. The Balaban J connectivity index is 2.49. The lowest BCUT2D eigenvalue weighted by molar-refractivity contribution is 0.0415. The first-order valence-corrected chi connectivity index (χ1v) is 2.64. The molecule has 1 aliphatic rings. The molecular weight excluding hydrogens is 113 g/mol. The average molecular weight is 116 g/mol. The third kappa shape index (κ3) is 1.27. The molecule has 0 aromatic heterocycles. The minimum absolute atomic E-state index is 0.472. The van der Waals surface area contributed by atoms with Crippen molar-refractivity contribution in [2.75, 3.05) is 0 Å². The molecule has 0 aromatic rings. The quantitative estimate of drug-likeness (QED) is 0.441. The molecule has 1 aliphatic heterocycles. The van der Waals surface area contributed by atoms with Crippen molar-refractivity contribution in [2.24, 2.45) is 0 Å². The van der Waals surface area contributed by atoms with Crippen LogP contribution in [0, 0.1) is 5.21 Å². The average Bonchev–Trinajstić information content (AvgIpc) is 1.69. The predicted octanol–water partition coefficient (Wildman–Crippen LogP) is 0.908. The van der Waals surface area contributed by atoms with Gasteiger partial charge in [-0.3, -0.25) is 0 Å². The zero-order valence-corrected chi connectivity index (χ0v) is 4.34. The number of rotatable bonds is 0. The first-order chi connectivity index (χ1) is 3.39. The molecule has 1 heterocycles. The second kappa shape index (κ2) is 2.07. The van der Waals surface area contributed by atoms with Gasteiger partial charge in [0, 0.05) is 8.35 Å². The second-order valence-corrected chi connectivity index (χ2v) is 1.79. The lowest BCUT2D eigenvalue weighted by atomic mass is 10.7. The molecule has 0 N–H and O–H groups in total. The molecule has 0 spiro atoms. The van der Waals surface area contributed by atoms with E-state index < -0.39 is 0 Å². The minimum atomic E-state index is 0.472. The highest BCUT2D eigenvalue weighted by molar-refractivity contribution is 7.36. The summed E-state index contributed by atoms with van der Waals surface area (Å²) in [4.78, 5) is 4.80. The van der Waals surface area contributed by atoms with E-state index in [1.165, 1.54) is 6.26 Å². The van der Waals surface area contributed by atoms with Crippen LogP contribution in [0.5, 0.6) is 0 Å². The van der Waals surface area contributed by atoms with Gasteiger partial charge in [-0.15, -0.1) is 0 Å². The van der Waals surface area contributed by atoms with Gasteiger partial charge in [0.2, 0.25) is 0 Å². The summed E-state index contributed by atoms with van der Waals surface area (Å²) >= 11 is 0. The molecule has 0 unspecified atom stereocenters. The summed E-state index contributed by atoms with van der Waals surface area (Å²) in [5.74, 6) is 1.69. The third-order valence-electron chi connectivity index (χ3n) is 0.477. The van der Waals surface area contributed by atoms with Gasteiger partial charge in [0.1, 0.15) is 6.26 Å². The van der Waals surface area contributed by atoms with Crippen molar-refractivity contribution in [3.63, 3.8) is 0 Å². The van der Waals surface area contributed by atoms with Crippen LogP contribution in [0.25, 0.3) is 0 Å². The first-order valence-electron chi connectivity index (χ1n) is 1.73. The largest absolute Gasteiger partial charge is 0.745 e. The highest BCUT2D eigenvalue weighted by Crippen LogP contribution is 2.07. The van der Waals surface area contributed by atoms with Gasteiger partial charge in [-0.25, -0.2) is 0 Å². The van der Waals surface area contributed by atoms with Gasteiger partial charge in [0.05, 0.1) is 0 Å². The molecule has 0 amide bonds. The van der Waals surface area contributed by atoms with Crippen molar-refractivity contribution in [1.29, 1.82) is 0 Å². The lowest BCUT2D eigenvalue weighted by Gasteiger charge is -2.20. The van der Waals surface area contributed by atoms with Gasteiger partial charge >= 0.3 is 0 Å². The van der Waals surface area contributed by atoms with Crippen molar-refractivity contribution < 1.29 is 4.84 Å². The van der Waals surface area contributed by atoms with E-state index in [9.17, 15) is 5.21 Å². The molecule has 3 nitrogen and oxygen atoms in total. The van der Waals surface area contributed by atoms with Crippen molar-refractivity contribution in [1.82, 2.24) is 5.00 Å². The SMILES string of the molecule is [O-]N1OC=CC=P1. The van der Waals surface area contributed by atoms with E-state index in [0.29, 0.717) is 13.4 Å². The Kier molecular flexibility index (Phi) is 1.42. The molecule has 4 heteroatoms. The van der Waals surface area contributed by atoms with Crippen molar-refractivity contribution in [3.05, 3.63) is 17.5 Å². The molecule has 0 bridgehead atoms. The van der Waals surface area contributed by atoms with Crippen LogP contribution < -0.4 is 0 Å². The molecule has 0 fully saturated rings. The maximum atomic E-state index is 10.1. The first kappa shape index (κ1) is 4.78. The standard InChI is InChI=1S/C3H3NO2P/c5-4-6-2-1-3-7-4/h1-3H/q-1. The summed E-state index contributed by atoms with van der Waals surface area (Å²) in [5.41, 5.74) is 0. The lowest BCUT2D eigenvalue weighted by Crippen LogP contribution is -2.00. The Morgan fingerprint density at radius 1 is 1.71 bits per heavy atom. The molecule has 0 aromatic carbocycles. The van der Waals surface area contributed by atoms with E-state index in [4.69, 9.17) is 0 Å². The Morgan fingerprint density at radius 2 is 2.57 bits per heavy atom. The molecule has 0 radical (unpaired) electrons. The summed E-state index contributed by atoms with van der Waals surface area (Å²) < 4.78 is 0. The van der Waals surface area contributed by atoms with Crippen LogP contribution in [-0.4, -0.2) is 10.8 Å². The number of hydrogen-bond donors (Lipinski definition) is 0. The Bertz CT molecular complexity index is 112. The predicted molar refractivity (Wildman–Crippen MR) is 28.4 cm³/mol. The van der Waals surface area contributed by atoms with Crippen molar-refractivity contribution in [3.8, 4) is 0 Å². The van der Waals surface area contributed by atoms with E-state index >= 15 is 0 Å². The fourth-order valence-corrected chi connectivity index (χ4v) is 0.607. The highest BCUT2D eigenvalue weighted by Gasteiger charge is 1.82. The molecule has 0 saturated carbocycles. The van der Waals surface area contributed by atoms with Crippen LogP contribution >= 0.6 is 8.35 Å². The highest BCUT2D eigenvalue weighted by atomic mass is 31.1. The number of allylic oxidation sites excluding steroid dienone is 1. The zero-order chi connectivity index (χ0) is 5.11. The molecule has 38 valence electrons. The van der Waals surface area contributed by atoms with E-state index in [1.807, 2.05) is 0 Å². The Morgan fingerprint density at radius 3 is 2.86 bits per heavy atom. The summed E-state index contributed by atoms with van der Waals surface area (Å²) in [6, 6.07) is 0. The summed E-state index contributed by atoms with van der Waals surface area (Å²) in [7, 11) is 0.541. The zero-order valence-electron chi connectivity index (χ0n) is 3.44. The van der Waals surface area contributed by atoms with Crippen LogP contribution in [0.15, 0.2) is 12.3 Å². The van der Waals surface area contributed by atoms with Crippen LogP contribution in [0.4, 0.5) is 0 Å². The van der Waals surface area contributed by atoms with E-state index in [1.54, 1.807) is 11.9 Å². The maximum Gasteiger partial charge on any atom is 0.111 e. The summed E-state index contributed by atoms with van der Waals surface area (Å²) in [5, 5.41) is 10.1. The Hall–Kier alpha value is -0.370. The van der Waals surface area contributed by atoms with Gasteiger partial charge in [0.15, 0.2) is 0 Å². The molecular formula is C3H3NO2P-. The topological polar surface area (TPSA) is 35.5 Å². The molecule has 7 heavy (non-hydrogen) atoms. The van der Waals surface area contributed by atoms with Gasteiger partial charge < -0.3 is 10.0 Å². The van der Waals surface area contributed by atoms with Crippen LogP contribution in [-0.2, 0) is 4.84 Å². The number of nitrogens with zero attached hydrogens (tertiary/aromatic N) is 1. The van der Waals surface area contributed by atoms with Gasteiger partial charge in [-0.2, -0.15) is 5.00 Å². The summed E-state index contributed by atoms with van der Waals surface area (Å²) in [6.07, 6.45) is 3.01. The monoisotopic (exact) mass is 116 g/mol. The smallest absolute Gasteiger partial charge is 0.111 e. The minimum Gasteiger partial charge on any atom is -0.745 e. The second-order valence-electron chi connectivity index (χ2n) is 0.936. The Labute approximate surface area is 42.6 Å². The van der Waals surface area contributed by atoms with Crippen LogP contribution in [0.3, 0.4) is 0 Å². The van der Waals surface area contributed by atoms with E-state index in [-0.39, 0.29) is 0 Å².